The van der Waals surface area contributed by atoms with E-state index in [0.29, 0.717) is 16.7 Å². The van der Waals surface area contributed by atoms with Crippen LogP contribution in [0.15, 0.2) is 18.3 Å². The van der Waals surface area contributed by atoms with Gasteiger partial charge in [0.05, 0.1) is 7.11 Å². The van der Waals surface area contributed by atoms with E-state index in [1.807, 2.05) is 12.1 Å². The van der Waals surface area contributed by atoms with Crippen LogP contribution in [0.3, 0.4) is 0 Å². The molecule has 1 fully saturated rings. The first-order valence-electron chi connectivity index (χ1n) is 8.52. The van der Waals surface area contributed by atoms with Gasteiger partial charge in [-0.15, -0.1) is 0 Å². The van der Waals surface area contributed by atoms with Gasteiger partial charge in [-0.05, 0) is 56.6 Å². The fourth-order valence-corrected chi connectivity index (χ4v) is 3.30. The van der Waals surface area contributed by atoms with Crippen molar-refractivity contribution in [1.82, 2.24) is 15.2 Å². The maximum atomic E-state index is 5.33. The third-order valence-electron chi connectivity index (χ3n) is 4.35. The fraction of sp³-hybridized carbons (Fsp3) is 0.647. The SMILES string of the molecule is CC[C@@H]1CCCCN1CCCNC(=S)Nc1ncccc1OC. The Bertz CT molecular complexity index is 497. The van der Waals surface area contributed by atoms with Crippen LogP contribution in [-0.2, 0) is 0 Å². The van der Waals surface area contributed by atoms with Crippen LogP contribution in [0.4, 0.5) is 5.82 Å². The van der Waals surface area contributed by atoms with E-state index in [1.54, 1.807) is 13.3 Å². The van der Waals surface area contributed by atoms with E-state index in [2.05, 4.69) is 27.4 Å². The Morgan fingerprint density at radius 2 is 2.35 bits per heavy atom. The molecule has 6 heteroatoms. The zero-order chi connectivity index (χ0) is 16.5. The molecule has 1 aliphatic heterocycles. The van der Waals surface area contributed by atoms with Gasteiger partial charge in [0.1, 0.15) is 0 Å². The van der Waals surface area contributed by atoms with Crippen LogP contribution in [0.2, 0.25) is 0 Å². The molecule has 1 aromatic rings. The predicted molar refractivity (Wildman–Crippen MR) is 99.1 cm³/mol. The van der Waals surface area contributed by atoms with Crippen molar-refractivity contribution in [3.05, 3.63) is 18.3 Å². The van der Waals surface area contributed by atoms with Crippen molar-refractivity contribution < 1.29 is 4.74 Å². The first-order chi connectivity index (χ1) is 11.2. The zero-order valence-corrected chi connectivity index (χ0v) is 15.0. The number of ether oxygens (including phenoxy) is 1. The van der Waals surface area contributed by atoms with Crippen LogP contribution in [-0.4, -0.2) is 47.8 Å². The van der Waals surface area contributed by atoms with E-state index in [4.69, 9.17) is 17.0 Å². The summed E-state index contributed by atoms with van der Waals surface area (Å²) in [5.41, 5.74) is 0. The Morgan fingerprint density at radius 3 is 3.13 bits per heavy atom. The van der Waals surface area contributed by atoms with Crippen LogP contribution < -0.4 is 15.4 Å². The van der Waals surface area contributed by atoms with Crippen LogP contribution >= 0.6 is 12.2 Å². The van der Waals surface area contributed by atoms with E-state index in [1.165, 1.54) is 32.2 Å². The molecule has 0 unspecified atom stereocenters. The summed E-state index contributed by atoms with van der Waals surface area (Å²) in [6.45, 7) is 5.54. The van der Waals surface area contributed by atoms with Gasteiger partial charge in [-0.1, -0.05) is 13.3 Å². The normalized spacial score (nSPS) is 18.4. The van der Waals surface area contributed by atoms with Crippen molar-refractivity contribution in [2.75, 3.05) is 32.1 Å². The lowest BCUT2D eigenvalue weighted by atomic mass is 10.00. The van der Waals surface area contributed by atoms with Gasteiger partial charge in [0, 0.05) is 25.3 Å². The second kappa shape index (κ2) is 9.67. The Labute approximate surface area is 144 Å². The second-order valence-electron chi connectivity index (χ2n) is 5.88. The molecule has 2 heterocycles. The molecule has 2 N–H and O–H groups in total. The van der Waals surface area contributed by atoms with E-state index >= 15 is 0 Å². The fourth-order valence-electron chi connectivity index (χ4n) is 3.10. The molecule has 0 saturated carbocycles. The lowest BCUT2D eigenvalue weighted by Crippen LogP contribution is -2.41. The topological polar surface area (TPSA) is 49.4 Å². The second-order valence-corrected chi connectivity index (χ2v) is 6.29. The Hall–Kier alpha value is -1.40. The summed E-state index contributed by atoms with van der Waals surface area (Å²) < 4.78 is 5.26. The smallest absolute Gasteiger partial charge is 0.174 e. The highest BCUT2D eigenvalue weighted by Gasteiger charge is 2.19. The minimum absolute atomic E-state index is 0.590. The van der Waals surface area contributed by atoms with Gasteiger partial charge in [0.25, 0.3) is 0 Å². The summed E-state index contributed by atoms with van der Waals surface area (Å²) in [7, 11) is 1.63. The molecule has 1 aromatic heterocycles. The molecule has 2 rings (SSSR count). The number of nitrogens with zero attached hydrogens (tertiary/aromatic N) is 2. The number of hydrogen-bond donors (Lipinski definition) is 2. The lowest BCUT2D eigenvalue weighted by Gasteiger charge is -2.35. The Kier molecular flexibility index (Phi) is 7.55. The number of thiocarbonyl (C=S) groups is 1. The van der Waals surface area contributed by atoms with Crippen molar-refractivity contribution in [1.29, 1.82) is 0 Å². The minimum atomic E-state index is 0.590. The molecule has 0 aromatic carbocycles. The molecule has 128 valence electrons. The zero-order valence-electron chi connectivity index (χ0n) is 14.2. The van der Waals surface area contributed by atoms with Crippen molar-refractivity contribution in [2.45, 2.75) is 45.1 Å². The molecule has 0 bridgehead atoms. The summed E-state index contributed by atoms with van der Waals surface area (Å²) in [6, 6.07) is 4.47. The Morgan fingerprint density at radius 1 is 1.48 bits per heavy atom. The summed E-state index contributed by atoms with van der Waals surface area (Å²) in [5, 5.41) is 6.93. The van der Waals surface area contributed by atoms with Crippen LogP contribution in [0.1, 0.15) is 39.0 Å². The molecule has 1 saturated heterocycles. The van der Waals surface area contributed by atoms with Gasteiger partial charge in [-0.3, -0.25) is 0 Å². The van der Waals surface area contributed by atoms with Crippen LogP contribution in [0.25, 0.3) is 0 Å². The van der Waals surface area contributed by atoms with Crippen molar-refractivity contribution in [2.24, 2.45) is 0 Å². The maximum absolute atomic E-state index is 5.33. The number of hydrogen-bond acceptors (Lipinski definition) is 4. The predicted octanol–water partition coefficient (Wildman–Crippen LogP) is 3.03. The van der Waals surface area contributed by atoms with Crippen molar-refractivity contribution in [3.8, 4) is 5.75 Å². The molecule has 0 spiro atoms. The lowest BCUT2D eigenvalue weighted by molar-refractivity contribution is 0.143. The van der Waals surface area contributed by atoms with Gasteiger partial charge in [0.2, 0.25) is 0 Å². The number of piperidine rings is 1. The minimum Gasteiger partial charge on any atom is -0.493 e. The quantitative estimate of drug-likeness (QED) is 0.590. The summed E-state index contributed by atoms with van der Waals surface area (Å²) in [4.78, 5) is 6.87. The molecule has 0 amide bonds. The number of rotatable bonds is 7. The highest BCUT2D eigenvalue weighted by Crippen LogP contribution is 2.20. The number of anilines is 1. The first-order valence-corrected chi connectivity index (χ1v) is 8.93. The number of pyridine rings is 1. The van der Waals surface area contributed by atoms with Crippen molar-refractivity contribution in [3.63, 3.8) is 0 Å². The van der Waals surface area contributed by atoms with Gasteiger partial charge in [-0.25, -0.2) is 4.98 Å². The highest BCUT2D eigenvalue weighted by molar-refractivity contribution is 7.80. The van der Waals surface area contributed by atoms with Gasteiger partial charge in [0.15, 0.2) is 16.7 Å². The van der Waals surface area contributed by atoms with E-state index < -0.39 is 0 Å². The number of nitrogens with one attached hydrogen (secondary N) is 2. The van der Waals surface area contributed by atoms with Crippen molar-refractivity contribution >= 4 is 23.1 Å². The summed E-state index contributed by atoms with van der Waals surface area (Å²) in [6.07, 6.45) is 8.14. The molecule has 1 aliphatic rings. The molecule has 1 atom stereocenters. The summed E-state index contributed by atoms with van der Waals surface area (Å²) in [5.74, 6) is 1.34. The molecular formula is C17H28N4OS. The van der Waals surface area contributed by atoms with Gasteiger partial charge >= 0.3 is 0 Å². The largest absolute Gasteiger partial charge is 0.493 e. The monoisotopic (exact) mass is 336 g/mol. The molecule has 0 radical (unpaired) electrons. The third kappa shape index (κ3) is 5.62. The van der Waals surface area contributed by atoms with Gasteiger partial charge < -0.3 is 20.3 Å². The van der Waals surface area contributed by atoms with Crippen LogP contribution in [0, 0.1) is 0 Å². The Balaban J connectivity index is 1.68. The number of likely N-dealkylation sites (tertiary alicyclic amines) is 1. The molecule has 23 heavy (non-hydrogen) atoms. The highest BCUT2D eigenvalue weighted by atomic mass is 32.1. The van der Waals surface area contributed by atoms with E-state index in [0.717, 1.165) is 25.6 Å². The first kappa shape index (κ1) is 17.9. The average molecular weight is 337 g/mol. The van der Waals surface area contributed by atoms with Crippen LogP contribution in [0.5, 0.6) is 5.75 Å². The number of aromatic nitrogens is 1. The number of methoxy groups -OCH3 is 1. The summed E-state index contributed by atoms with van der Waals surface area (Å²) >= 11 is 5.33. The maximum Gasteiger partial charge on any atom is 0.174 e. The third-order valence-corrected chi connectivity index (χ3v) is 4.60. The molecule has 5 nitrogen and oxygen atoms in total. The van der Waals surface area contributed by atoms with E-state index in [-0.39, 0.29) is 0 Å². The standard InChI is InChI=1S/C17H28N4OS/c1-3-14-8-4-5-12-21(14)13-7-11-19-17(23)20-16-15(22-2)9-6-10-18-16/h6,9-10,14H,3-5,7-8,11-13H2,1-2H3,(H2,18,19,20,23)/t14-/m1/s1. The average Bonchev–Trinajstić information content (AvgIpc) is 2.59. The molecular weight excluding hydrogens is 308 g/mol. The van der Waals surface area contributed by atoms with Gasteiger partial charge in [-0.2, -0.15) is 0 Å². The van der Waals surface area contributed by atoms with E-state index in [9.17, 15) is 0 Å². The molecule has 0 aliphatic carbocycles.